The molecule has 0 spiro atoms. The molecule has 0 aliphatic heterocycles. The smallest absolute Gasteiger partial charge is 0.214 e. The number of nitriles is 1. The molecule has 3 heterocycles. The van der Waals surface area contributed by atoms with E-state index in [1.165, 1.54) is 6.07 Å². The second-order valence-electron chi connectivity index (χ2n) is 6.37. The van der Waals surface area contributed by atoms with Gasteiger partial charge in [0, 0.05) is 28.6 Å². The summed E-state index contributed by atoms with van der Waals surface area (Å²) in [6.07, 6.45) is 4.47. The van der Waals surface area contributed by atoms with Crippen LogP contribution in [0.4, 0.5) is 4.39 Å². The van der Waals surface area contributed by atoms with Crippen LogP contribution in [-0.2, 0) is 13.1 Å². The second-order valence-corrected chi connectivity index (χ2v) is 7.61. The highest BCUT2D eigenvalue weighted by Gasteiger charge is 2.15. The van der Waals surface area contributed by atoms with Crippen molar-refractivity contribution in [2.45, 2.75) is 26.4 Å². The highest BCUT2D eigenvalue weighted by atomic mass is 127. The second kappa shape index (κ2) is 7.67. The molecular formula is C20H16FIN6. The van der Waals surface area contributed by atoms with Gasteiger partial charge in [-0.15, -0.1) is 0 Å². The molecule has 8 heteroatoms. The average Bonchev–Trinajstić information content (AvgIpc) is 3.26. The van der Waals surface area contributed by atoms with Crippen molar-refractivity contribution < 1.29 is 4.39 Å². The fraction of sp³-hybridized carbons (Fsp3) is 0.200. The number of hydrogen-bond donors (Lipinski definition) is 0. The quantitative estimate of drug-likeness (QED) is 0.310. The SMILES string of the molecule is CCCn1c(Cn2ccnc2-c2cc(I)cc(F)n2)nc2cc(C#N)ccc21. The molecule has 0 bridgehead atoms. The monoisotopic (exact) mass is 486 g/mol. The van der Waals surface area contributed by atoms with Crippen LogP contribution in [-0.4, -0.2) is 24.1 Å². The highest BCUT2D eigenvalue weighted by molar-refractivity contribution is 14.1. The highest BCUT2D eigenvalue weighted by Crippen LogP contribution is 2.22. The van der Waals surface area contributed by atoms with Gasteiger partial charge >= 0.3 is 0 Å². The summed E-state index contributed by atoms with van der Waals surface area (Å²) in [5.74, 6) is 0.918. The standard InChI is InChI=1S/C20H16FIN6/c1-2-6-28-17-4-3-13(11-23)8-15(17)26-19(28)12-27-7-5-24-20(27)16-9-14(22)10-18(21)25-16/h3-5,7-10H,2,6,12H2,1H3. The van der Waals surface area contributed by atoms with Crippen molar-refractivity contribution in [1.29, 1.82) is 5.26 Å². The Morgan fingerprint density at radius 3 is 2.82 bits per heavy atom. The molecule has 0 N–H and O–H groups in total. The van der Waals surface area contributed by atoms with Crippen molar-refractivity contribution in [3.8, 4) is 17.6 Å². The normalized spacial score (nSPS) is 11.1. The van der Waals surface area contributed by atoms with Gasteiger partial charge in [-0.3, -0.25) is 0 Å². The zero-order valence-electron chi connectivity index (χ0n) is 15.1. The molecule has 4 rings (SSSR count). The van der Waals surface area contributed by atoms with Crippen LogP contribution in [0.3, 0.4) is 0 Å². The third kappa shape index (κ3) is 3.49. The predicted molar refractivity (Wildman–Crippen MR) is 112 cm³/mol. The molecule has 0 unspecified atom stereocenters. The average molecular weight is 486 g/mol. The van der Waals surface area contributed by atoms with Gasteiger partial charge in [0.15, 0.2) is 5.82 Å². The molecule has 6 nitrogen and oxygen atoms in total. The van der Waals surface area contributed by atoms with Crippen LogP contribution in [0, 0.1) is 20.8 Å². The number of benzene rings is 1. The topological polar surface area (TPSA) is 72.3 Å². The van der Waals surface area contributed by atoms with Gasteiger partial charge in [0.25, 0.3) is 0 Å². The van der Waals surface area contributed by atoms with Crippen molar-refractivity contribution >= 4 is 33.6 Å². The van der Waals surface area contributed by atoms with Crippen LogP contribution < -0.4 is 0 Å². The van der Waals surface area contributed by atoms with E-state index in [2.05, 4.69) is 50.1 Å². The first-order valence-corrected chi connectivity index (χ1v) is 9.90. The lowest BCUT2D eigenvalue weighted by molar-refractivity contribution is 0.582. The first kappa shape index (κ1) is 18.6. The Labute approximate surface area is 174 Å². The predicted octanol–water partition coefficient (Wildman–Crippen LogP) is 4.37. The molecule has 0 aliphatic rings. The van der Waals surface area contributed by atoms with Gasteiger partial charge in [-0.1, -0.05) is 6.92 Å². The van der Waals surface area contributed by atoms with Crippen molar-refractivity contribution in [2.75, 3.05) is 0 Å². The maximum atomic E-state index is 13.8. The van der Waals surface area contributed by atoms with Gasteiger partial charge in [-0.2, -0.15) is 9.65 Å². The van der Waals surface area contributed by atoms with Crippen LogP contribution >= 0.6 is 22.6 Å². The molecular weight excluding hydrogens is 470 g/mol. The fourth-order valence-corrected chi connectivity index (χ4v) is 3.80. The zero-order valence-corrected chi connectivity index (χ0v) is 17.3. The van der Waals surface area contributed by atoms with Gasteiger partial charge in [0.05, 0.1) is 29.2 Å². The van der Waals surface area contributed by atoms with Crippen LogP contribution in [0.2, 0.25) is 0 Å². The summed E-state index contributed by atoms with van der Waals surface area (Å²) < 4.78 is 18.6. The van der Waals surface area contributed by atoms with Gasteiger partial charge in [-0.05, 0) is 53.3 Å². The number of halogens is 2. The Balaban J connectivity index is 1.78. The maximum Gasteiger partial charge on any atom is 0.214 e. The minimum atomic E-state index is -0.529. The van der Waals surface area contributed by atoms with Crippen LogP contribution in [0.15, 0.2) is 42.7 Å². The van der Waals surface area contributed by atoms with E-state index in [-0.39, 0.29) is 0 Å². The molecule has 140 valence electrons. The van der Waals surface area contributed by atoms with E-state index in [4.69, 9.17) is 10.2 Å². The Morgan fingerprint density at radius 1 is 1.21 bits per heavy atom. The summed E-state index contributed by atoms with van der Waals surface area (Å²) in [6, 6.07) is 10.9. The lowest BCUT2D eigenvalue weighted by atomic mass is 10.2. The summed E-state index contributed by atoms with van der Waals surface area (Å²) >= 11 is 2.06. The summed E-state index contributed by atoms with van der Waals surface area (Å²) in [5.41, 5.74) is 2.86. The van der Waals surface area contributed by atoms with E-state index in [0.717, 1.165) is 33.4 Å². The lowest BCUT2D eigenvalue weighted by Crippen LogP contribution is -2.10. The molecule has 0 saturated carbocycles. The number of imidazole rings is 2. The van der Waals surface area contributed by atoms with E-state index >= 15 is 0 Å². The minimum absolute atomic E-state index is 0.473. The molecule has 1 aromatic carbocycles. The molecule has 4 aromatic rings. The molecule has 0 fully saturated rings. The fourth-order valence-electron chi connectivity index (χ4n) is 3.25. The largest absolute Gasteiger partial charge is 0.326 e. The number of fused-ring (bicyclic) bond motifs is 1. The van der Waals surface area contributed by atoms with E-state index in [1.807, 2.05) is 16.8 Å². The number of aromatic nitrogens is 5. The molecule has 3 aromatic heterocycles. The first-order chi connectivity index (χ1) is 13.6. The minimum Gasteiger partial charge on any atom is -0.326 e. The third-order valence-electron chi connectivity index (χ3n) is 4.42. The Morgan fingerprint density at radius 2 is 2.07 bits per heavy atom. The van der Waals surface area contributed by atoms with Gasteiger partial charge in [0.2, 0.25) is 5.95 Å². The molecule has 0 atom stereocenters. The number of rotatable bonds is 5. The first-order valence-electron chi connectivity index (χ1n) is 8.83. The Hall–Kier alpha value is -2.80. The van der Waals surface area contributed by atoms with Gasteiger partial charge in [-0.25, -0.2) is 15.0 Å². The van der Waals surface area contributed by atoms with Crippen molar-refractivity contribution in [3.63, 3.8) is 0 Å². The van der Waals surface area contributed by atoms with Crippen molar-refractivity contribution in [2.24, 2.45) is 0 Å². The molecule has 0 aliphatic carbocycles. The summed E-state index contributed by atoms with van der Waals surface area (Å²) in [7, 11) is 0. The molecule has 0 amide bonds. The van der Waals surface area contributed by atoms with E-state index in [1.54, 1.807) is 24.4 Å². The van der Waals surface area contributed by atoms with Crippen molar-refractivity contribution in [3.05, 3.63) is 63.6 Å². The molecule has 0 saturated heterocycles. The Kier molecular flexibility index (Phi) is 5.09. The summed E-state index contributed by atoms with van der Waals surface area (Å²) in [6.45, 7) is 3.40. The Bertz CT molecular complexity index is 1180. The number of aryl methyl sites for hydroxylation is 1. The van der Waals surface area contributed by atoms with E-state index < -0.39 is 5.95 Å². The number of pyridine rings is 1. The van der Waals surface area contributed by atoms with E-state index in [0.29, 0.717) is 23.6 Å². The van der Waals surface area contributed by atoms with Crippen molar-refractivity contribution in [1.82, 2.24) is 24.1 Å². The number of hydrogen-bond acceptors (Lipinski definition) is 4. The third-order valence-corrected chi connectivity index (χ3v) is 5.04. The molecule has 0 radical (unpaired) electrons. The lowest BCUT2D eigenvalue weighted by Gasteiger charge is -2.11. The van der Waals surface area contributed by atoms with Gasteiger partial charge < -0.3 is 9.13 Å². The van der Waals surface area contributed by atoms with Crippen LogP contribution in [0.25, 0.3) is 22.6 Å². The summed E-state index contributed by atoms with van der Waals surface area (Å²) in [4.78, 5) is 13.1. The molecule has 28 heavy (non-hydrogen) atoms. The maximum absolute atomic E-state index is 13.8. The van der Waals surface area contributed by atoms with Crippen LogP contribution in [0.1, 0.15) is 24.7 Å². The van der Waals surface area contributed by atoms with E-state index in [9.17, 15) is 4.39 Å². The number of nitrogens with zero attached hydrogens (tertiary/aromatic N) is 6. The zero-order chi connectivity index (χ0) is 19.7. The van der Waals surface area contributed by atoms with Gasteiger partial charge in [0.1, 0.15) is 11.5 Å². The summed E-state index contributed by atoms with van der Waals surface area (Å²) in [5, 5.41) is 9.16. The van der Waals surface area contributed by atoms with Crippen LogP contribution in [0.5, 0.6) is 0 Å².